The number of hydrogen-bond acceptors (Lipinski definition) is 11. The van der Waals surface area contributed by atoms with E-state index >= 15 is 0 Å². The molecule has 18 heteroatoms. The number of ether oxygens (including phenoxy) is 3. The van der Waals surface area contributed by atoms with Crippen molar-refractivity contribution in [1.29, 1.82) is 0 Å². The van der Waals surface area contributed by atoms with Gasteiger partial charge in [0.1, 0.15) is 22.8 Å². The SMILES string of the molecule is Cn1cncc1C(N)C1=Cc2cccnc2C(=C2CCN(C(=O)OC(C)(C)C)CC2)c2ccc(Cl)cc21.Cn1cncc1C(NC(=O)OC1(C)CC1)C1=Cc2cccnc2C(=C2CCN(C(=O)OC(C)(C)C)CC2)c2ccc(Cl)cc21. The van der Waals surface area contributed by atoms with Gasteiger partial charge in [0, 0.05) is 85.0 Å². The summed E-state index contributed by atoms with van der Waals surface area (Å²) in [7, 11) is 3.85. The molecular weight excluding hydrogens is 1060 g/mol. The summed E-state index contributed by atoms with van der Waals surface area (Å²) in [4.78, 5) is 60.7. The van der Waals surface area contributed by atoms with Crippen LogP contribution in [-0.4, -0.2) is 100 Å². The van der Waals surface area contributed by atoms with Crippen LogP contribution < -0.4 is 11.1 Å². The molecule has 0 spiro atoms. The molecule has 11 rings (SSSR count). The van der Waals surface area contributed by atoms with Gasteiger partial charge in [0.15, 0.2) is 0 Å². The largest absolute Gasteiger partial charge is 0.444 e. The fourth-order valence-electron chi connectivity index (χ4n) is 10.9. The first-order chi connectivity index (χ1) is 38.5. The highest BCUT2D eigenvalue weighted by molar-refractivity contribution is 6.31. The normalized spacial score (nSPS) is 17.3. The van der Waals surface area contributed by atoms with Crippen LogP contribution in [0.15, 0.2) is 109 Å². The molecule has 3 fully saturated rings. The van der Waals surface area contributed by atoms with Gasteiger partial charge in [-0.3, -0.25) is 9.97 Å². The summed E-state index contributed by atoms with van der Waals surface area (Å²) in [6.07, 6.45) is 18.3. The average molecular weight is 1130 g/mol. The standard InChI is InChI=1S/C34H38ClN5O4.C29H32ClN5O2/c1-33(2,3)44-32(42)40-15-10-21(11-16-40)28-24-9-8-23(35)18-25(24)26(17-22-7-6-14-37-29(22)28)30(27-19-36-20-39(27)5)38-31(41)43-34(4)12-13-34;1-29(2,3)37-28(36)35-12-9-18(10-13-35)25-21-8-7-20(30)15-22(21)23(14-19-6-5-11-33-27(19)25)26(31)24-16-32-17-34(24)4/h6-9,14,17-20,30H,10-13,15-16H2,1-5H3,(H,38,41);5-8,11,14-17,26H,9-10,12-13,31H2,1-4H3. The van der Waals surface area contributed by atoms with Gasteiger partial charge in [0.25, 0.3) is 0 Å². The number of benzene rings is 2. The minimum Gasteiger partial charge on any atom is -0.444 e. The Bertz CT molecular complexity index is 3540. The monoisotopic (exact) mass is 1130 g/mol. The van der Waals surface area contributed by atoms with E-state index in [9.17, 15) is 14.4 Å². The summed E-state index contributed by atoms with van der Waals surface area (Å²) >= 11 is 13.2. The number of pyridine rings is 2. The number of aryl methyl sites for hydroxylation is 2. The molecule has 2 aliphatic heterocycles. The number of hydrogen-bond donors (Lipinski definition) is 2. The lowest BCUT2D eigenvalue weighted by atomic mass is 9.86. The van der Waals surface area contributed by atoms with Crippen molar-refractivity contribution in [3.8, 4) is 0 Å². The summed E-state index contributed by atoms with van der Waals surface area (Å²) < 4.78 is 20.9. The number of rotatable bonds is 6. The molecule has 5 aliphatic rings. The lowest BCUT2D eigenvalue weighted by Gasteiger charge is -2.32. The Morgan fingerprint density at radius 1 is 0.642 bits per heavy atom. The molecule has 2 atom stereocenters. The van der Waals surface area contributed by atoms with E-state index in [1.54, 1.807) is 41.0 Å². The molecule has 4 aromatic heterocycles. The maximum Gasteiger partial charge on any atom is 0.410 e. The number of fused-ring (bicyclic) bond motifs is 4. The highest BCUT2D eigenvalue weighted by atomic mass is 35.5. The third-order valence-corrected chi connectivity index (χ3v) is 15.6. The number of likely N-dealkylation sites (tertiary alicyclic amines) is 2. The van der Waals surface area contributed by atoms with Gasteiger partial charge in [-0.15, -0.1) is 0 Å². The number of nitrogens with two attached hydrogens (primary N) is 1. The molecule has 0 radical (unpaired) electrons. The van der Waals surface area contributed by atoms with Gasteiger partial charge in [-0.1, -0.05) is 58.6 Å². The molecule has 422 valence electrons. The van der Waals surface area contributed by atoms with Gasteiger partial charge in [-0.05, 0) is 169 Å². The predicted molar refractivity (Wildman–Crippen MR) is 317 cm³/mol. The van der Waals surface area contributed by atoms with Gasteiger partial charge >= 0.3 is 18.3 Å². The first-order valence-corrected chi connectivity index (χ1v) is 28.3. The molecule has 2 saturated heterocycles. The first kappa shape index (κ1) is 56.7. The summed E-state index contributed by atoms with van der Waals surface area (Å²) in [6.45, 7) is 15.5. The number of imidazole rings is 2. The van der Waals surface area contributed by atoms with Gasteiger partial charge in [-0.25, -0.2) is 24.4 Å². The smallest absolute Gasteiger partial charge is 0.410 e. The van der Waals surface area contributed by atoms with E-state index in [4.69, 9.17) is 53.1 Å². The van der Waals surface area contributed by atoms with Gasteiger partial charge in [0.05, 0.1) is 53.9 Å². The zero-order valence-electron chi connectivity index (χ0n) is 47.5. The van der Waals surface area contributed by atoms with Crippen LogP contribution in [0.4, 0.5) is 14.4 Å². The second-order valence-electron chi connectivity index (χ2n) is 23.6. The van der Waals surface area contributed by atoms with E-state index < -0.39 is 35.0 Å². The Morgan fingerprint density at radius 3 is 1.52 bits per heavy atom. The van der Waals surface area contributed by atoms with Gasteiger partial charge in [0.2, 0.25) is 0 Å². The van der Waals surface area contributed by atoms with E-state index in [0.29, 0.717) is 49.1 Å². The van der Waals surface area contributed by atoms with Crippen molar-refractivity contribution in [3.05, 3.63) is 175 Å². The van der Waals surface area contributed by atoms with Crippen LogP contribution in [0.25, 0.3) is 34.4 Å². The second-order valence-corrected chi connectivity index (χ2v) is 24.5. The van der Waals surface area contributed by atoms with Crippen LogP contribution in [0.2, 0.25) is 10.0 Å². The van der Waals surface area contributed by atoms with Crippen LogP contribution in [0, 0.1) is 0 Å². The molecule has 16 nitrogen and oxygen atoms in total. The quantitative estimate of drug-likeness (QED) is 0.151. The minimum absolute atomic E-state index is 0.269. The van der Waals surface area contributed by atoms with E-state index in [2.05, 4.69) is 39.6 Å². The molecule has 6 aromatic rings. The number of piperidine rings is 2. The highest BCUT2D eigenvalue weighted by Crippen LogP contribution is 2.47. The van der Waals surface area contributed by atoms with Crippen LogP contribution in [0.5, 0.6) is 0 Å². The Balaban J connectivity index is 0.000000185. The fraction of sp³-hybridized carbons (Fsp3) is 0.381. The Hall–Kier alpha value is -7.53. The molecule has 6 heterocycles. The van der Waals surface area contributed by atoms with E-state index in [1.165, 1.54) is 11.1 Å². The summed E-state index contributed by atoms with van der Waals surface area (Å²) in [5, 5.41) is 4.37. The molecule has 3 N–H and O–H groups in total. The maximum absolute atomic E-state index is 13.3. The van der Waals surface area contributed by atoms with E-state index in [1.807, 2.05) is 126 Å². The Morgan fingerprint density at radius 2 is 1.09 bits per heavy atom. The number of alkyl carbamates (subject to hydrolysis) is 1. The molecule has 2 aromatic carbocycles. The summed E-state index contributed by atoms with van der Waals surface area (Å²) in [6, 6.07) is 18.8. The molecule has 0 bridgehead atoms. The molecular formula is C63H70Cl2N10O6. The molecule has 1 saturated carbocycles. The zero-order chi connectivity index (χ0) is 57.5. The number of nitrogens with zero attached hydrogens (tertiary/aromatic N) is 8. The number of carbonyl (C=O) groups is 3. The second kappa shape index (κ2) is 22.8. The zero-order valence-corrected chi connectivity index (χ0v) is 49.0. The molecule has 2 unspecified atom stereocenters. The van der Waals surface area contributed by atoms with Gasteiger partial charge in [-0.2, -0.15) is 0 Å². The third-order valence-electron chi connectivity index (χ3n) is 15.2. The van der Waals surface area contributed by atoms with Crippen LogP contribution >= 0.6 is 23.2 Å². The predicted octanol–water partition coefficient (Wildman–Crippen LogP) is 13.0. The fourth-order valence-corrected chi connectivity index (χ4v) is 11.2. The van der Waals surface area contributed by atoms with Crippen LogP contribution in [0.1, 0.15) is 155 Å². The maximum atomic E-state index is 13.3. The Kier molecular flexibility index (Phi) is 16.0. The lowest BCUT2D eigenvalue weighted by Crippen LogP contribution is -2.40. The summed E-state index contributed by atoms with van der Waals surface area (Å²) in [5.41, 5.74) is 21.0. The van der Waals surface area contributed by atoms with Gasteiger partial charge < -0.3 is 44.2 Å². The van der Waals surface area contributed by atoms with Crippen molar-refractivity contribution in [1.82, 2.24) is 44.2 Å². The van der Waals surface area contributed by atoms with Crippen molar-refractivity contribution in [3.63, 3.8) is 0 Å². The van der Waals surface area contributed by atoms with E-state index in [0.717, 1.165) is 104 Å². The van der Waals surface area contributed by atoms with E-state index in [-0.39, 0.29) is 12.2 Å². The van der Waals surface area contributed by atoms with Crippen molar-refractivity contribution in [2.24, 2.45) is 19.8 Å². The van der Waals surface area contributed by atoms with Crippen molar-refractivity contribution >= 4 is 75.9 Å². The minimum atomic E-state index is -0.582. The van der Waals surface area contributed by atoms with Crippen molar-refractivity contribution in [2.75, 3.05) is 26.2 Å². The molecule has 3 aliphatic carbocycles. The topological polar surface area (TPSA) is 185 Å². The number of nitrogens with one attached hydrogen (secondary N) is 1. The third kappa shape index (κ3) is 12.7. The van der Waals surface area contributed by atoms with Crippen LogP contribution in [-0.2, 0) is 28.3 Å². The molecule has 3 amide bonds. The average Bonchev–Trinajstić information content (AvgIpc) is 3.93. The first-order valence-electron chi connectivity index (χ1n) is 27.5. The Labute approximate surface area is 483 Å². The number of carbonyl (C=O) groups excluding carboxylic acids is 3. The lowest BCUT2D eigenvalue weighted by molar-refractivity contribution is 0.0226. The highest BCUT2D eigenvalue weighted by Gasteiger charge is 2.43. The number of aromatic nitrogens is 6. The summed E-state index contributed by atoms with van der Waals surface area (Å²) in [5.74, 6) is 0. The number of amides is 3. The van der Waals surface area contributed by atoms with Crippen molar-refractivity contribution in [2.45, 2.75) is 116 Å². The number of halogens is 2. The van der Waals surface area contributed by atoms with Crippen molar-refractivity contribution < 1.29 is 28.6 Å². The van der Waals surface area contributed by atoms with Crippen LogP contribution in [0.3, 0.4) is 0 Å². The molecule has 81 heavy (non-hydrogen) atoms.